The van der Waals surface area contributed by atoms with Gasteiger partial charge in [0.15, 0.2) is 0 Å². The largest absolute Gasteiger partial charge is 0.396 e. The van der Waals surface area contributed by atoms with Crippen LogP contribution in [0.1, 0.15) is 13.3 Å². The molecule has 0 saturated carbocycles. The molecule has 0 unspecified atom stereocenters. The number of aliphatic hydroxyl groups is 1. The van der Waals surface area contributed by atoms with Gasteiger partial charge in [0.1, 0.15) is 0 Å². The van der Waals surface area contributed by atoms with Gasteiger partial charge in [-0.05, 0) is 25.8 Å². The minimum atomic E-state index is 0.341. The van der Waals surface area contributed by atoms with Crippen molar-refractivity contribution in [3.05, 3.63) is 0 Å². The monoisotopic (exact) mass is 115 g/mol. The summed E-state index contributed by atoms with van der Waals surface area (Å²) in [7, 11) is 0. The first kappa shape index (κ1) is 6.05. The second-order valence-electron chi connectivity index (χ2n) is 2.47. The quantitative estimate of drug-likeness (QED) is 0.503. The molecule has 1 heterocycles. The van der Waals surface area contributed by atoms with Crippen LogP contribution in [0, 0.1) is 5.92 Å². The Labute approximate surface area is 49.9 Å². The van der Waals surface area contributed by atoms with Crippen LogP contribution < -0.4 is 5.32 Å². The van der Waals surface area contributed by atoms with E-state index in [9.17, 15) is 0 Å². The van der Waals surface area contributed by atoms with Crippen LogP contribution in [-0.2, 0) is 0 Å². The van der Waals surface area contributed by atoms with Gasteiger partial charge in [-0.2, -0.15) is 0 Å². The summed E-state index contributed by atoms with van der Waals surface area (Å²) < 4.78 is 0. The molecular weight excluding hydrogens is 102 g/mol. The predicted octanol–water partition coefficient (Wildman–Crippen LogP) is -0.0233. The number of rotatable bonds is 1. The SMILES string of the molecule is C[C@@H]1NCC[C@H]1CO. The van der Waals surface area contributed by atoms with E-state index in [2.05, 4.69) is 12.2 Å². The zero-order chi connectivity index (χ0) is 5.98. The van der Waals surface area contributed by atoms with Crippen molar-refractivity contribution in [3.63, 3.8) is 0 Å². The van der Waals surface area contributed by atoms with Crippen LogP contribution in [-0.4, -0.2) is 24.3 Å². The fourth-order valence-corrected chi connectivity index (χ4v) is 1.16. The van der Waals surface area contributed by atoms with Gasteiger partial charge in [-0.3, -0.25) is 0 Å². The molecule has 1 aliphatic heterocycles. The van der Waals surface area contributed by atoms with Gasteiger partial charge in [0, 0.05) is 12.6 Å². The zero-order valence-electron chi connectivity index (χ0n) is 5.22. The van der Waals surface area contributed by atoms with Crippen molar-refractivity contribution in [3.8, 4) is 0 Å². The first-order chi connectivity index (χ1) is 3.84. The van der Waals surface area contributed by atoms with Crippen molar-refractivity contribution in [2.45, 2.75) is 19.4 Å². The van der Waals surface area contributed by atoms with E-state index in [0.29, 0.717) is 18.6 Å². The molecule has 0 bridgehead atoms. The molecule has 0 spiro atoms. The molecule has 48 valence electrons. The highest BCUT2D eigenvalue weighted by Gasteiger charge is 2.20. The molecule has 8 heavy (non-hydrogen) atoms. The zero-order valence-corrected chi connectivity index (χ0v) is 5.22. The van der Waals surface area contributed by atoms with E-state index in [1.54, 1.807) is 0 Å². The lowest BCUT2D eigenvalue weighted by Crippen LogP contribution is -2.24. The highest BCUT2D eigenvalue weighted by atomic mass is 16.3. The van der Waals surface area contributed by atoms with Crippen LogP contribution >= 0.6 is 0 Å². The standard InChI is InChI=1S/C6H13NO/c1-5-6(4-8)2-3-7-5/h5-8H,2-4H2,1H3/t5-,6-/m0/s1. The molecule has 2 nitrogen and oxygen atoms in total. The van der Waals surface area contributed by atoms with Gasteiger partial charge in [0.25, 0.3) is 0 Å². The minimum absolute atomic E-state index is 0.341. The molecule has 2 heteroatoms. The van der Waals surface area contributed by atoms with Crippen molar-refractivity contribution in [1.82, 2.24) is 5.32 Å². The Balaban J connectivity index is 2.30. The van der Waals surface area contributed by atoms with E-state index in [0.717, 1.165) is 13.0 Å². The number of hydrogen-bond acceptors (Lipinski definition) is 2. The molecule has 1 rings (SSSR count). The number of nitrogens with one attached hydrogen (secondary N) is 1. The van der Waals surface area contributed by atoms with Gasteiger partial charge in [-0.1, -0.05) is 0 Å². The average Bonchev–Trinajstić information content (AvgIpc) is 2.14. The van der Waals surface area contributed by atoms with Gasteiger partial charge in [0.2, 0.25) is 0 Å². The Bertz CT molecular complexity index is 74.9. The lowest BCUT2D eigenvalue weighted by molar-refractivity contribution is 0.218. The smallest absolute Gasteiger partial charge is 0.0474 e. The molecule has 0 radical (unpaired) electrons. The van der Waals surface area contributed by atoms with Crippen LogP contribution in [0.3, 0.4) is 0 Å². The maximum Gasteiger partial charge on any atom is 0.0474 e. The maximum atomic E-state index is 8.70. The van der Waals surface area contributed by atoms with E-state index >= 15 is 0 Å². The van der Waals surface area contributed by atoms with E-state index in [1.807, 2.05) is 0 Å². The third-order valence-corrected chi connectivity index (χ3v) is 1.92. The van der Waals surface area contributed by atoms with Crippen LogP contribution in [0.15, 0.2) is 0 Å². The summed E-state index contributed by atoms with van der Waals surface area (Å²) >= 11 is 0. The second kappa shape index (κ2) is 2.46. The molecule has 0 aliphatic carbocycles. The van der Waals surface area contributed by atoms with Crippen molar-refractivity contribution < 1.29 is 5.11 Å². The third kappa shape index (κ3) is 1.01. The van der Waals surface area contributed by atoms with Crippen LogP contribution in [0.4, 0.5) is 0 Å². The number of aliphatic hydroxyl groups excluding tert-OH is 1. The molecule has 2 N–H and O–H groups in total. The van der Waals surface area contributed by atoms with Crippen LogP contribution in [0.2, 0.25) is 0 Å². The Morgan fingerprint density at radius 1 is 1.75 bits per heavy atom. The Kier molecular flexibility index (Phi) is 1.86. The molecule has 0 aromatic rings. The van der Waals surface area contributed by atoms with Gasteiger partial charge >= 0.3 is 0 Å². The van der Waals surface area contributed by atoms with E-state index in [-0.39, 0.29) is 0 Å². The maximum absolute atomic E-state index is 8.70. The Morgan fingerprint density at radius 3 is 2.75 bits per heavy atom. The highest BCUT2D eigenvalue weighted by Crippen LogP contribution is 2.12. The fourth-order valence-electron chi connectivity index (χ4n) is 1.16. The average molecular weight is 115 g/mol. The topological polar surface area (TPSA) is 32.3 Å². The Hall–Kier alpha value is -0.0800. The fraction of sp³-hybridized carbons (Fsp3) is 1.00. The molecular formula is C6H13NO. The number of hydrogen-bond donors (Lipinski definition) is 2. The summed E-state index contributed by atoms with van der Waals surface area (Å²) in [6.07, 6.45) is 1.14. The second-order valence-corrected chi connectivity index (χ2v) is 2.47. The Morgan fingerprint density at radius 2 is 2.50 bits per heavy atom. The summed E-state index contributed by atoms with van der Waals surface area (Å²) in [4.78, 5) is 0. The lowest BCUT2D eigenvalue weighted by atomic mass is 10.0. The van der Waals surface area contributed by atoms with Crippen molar-refractivity contribution in [2.75, 3.05) is 13.2 Å². The first-order valence-corrected chi connectivity index (χ1v) is 3.19. The lowest BCUT2D eigenvalue weighted by Gasteiger charge is -2.09. The van der Waals surface area contributed by atoms with Crippen LogP contribution in [0.25, 0.3) is 0 Å². The van der Waals surface area contributed by atoms with Gasteiger partial charge < -0.3 is 10.4 Å². The van der Waals surface area contributed by atoms with Crippen molar-refractivity contribution in [1.29, 1.82) is 0 Å². The molecule has 0 aromatic carbocycles. The third-order valence-electron chi connectivity index (χ3n) is 1.92. The summed E-state index contributed by atoms with van der Waals surface area (Å²) in [6.45, 7) is 3.54. The van der Waals surface area contributed by atoms with Crippen molar-refractivity contribution >= 4 is 0 Å². The van der Waals surface area contributed by atoms with Gasteiger partial charge in [-0.15, -0.1) is 0 Å². The van der Waals surface area contributed by atoms with E-state index in [1.165, 1.54) is 0 Å². The van der Waals surface area contributed by atoms with E-state index < -0.39 is 0 Å². The molecule has 0 amide bonds. The normalized spacial score (nSPS) is 38.2. The van der Waals surface area contributed by atoms with Crippen molar-refractivity contribution in [2.24, 2.45) is 5.92 Å². The molecule has 2 atom stereocenters. The van der Waals surface area contributed by atoms with Crippen LogP contribution in [0.5, 0.6) is 0 Å². The highest BCUT2D eigenvalue weighted by molar-refractivity contribution is 4.78. The summed E-state index contributed by atoms with van der Waals surface area (Å²) in [6, 6.07) is 0.528. The minimum Gasteiger partial charge on any atom is -0.396 e. The first-order valence-electron chi connectivity index (χ1n) is 3.19. The van der Waals surface area contributed by atoms with E-state index in [4.69, 9.17) is 5.11 Å². The molecule has 1 aliphatic rings. The van der Waals surface area contributed by atoms with Gasteiger partial charge in [-0.25, -0.2) is 0 Å². The molecule has 1 saturated heterocycles. The predicted molar refractivity (Wildman–Crippen MR) is 32.7 cm³/mol. The molecule has 1 fully saturated rings. The summed E-state index contributed by atoms with van der Waals surface area (Å²) in [5.74, 6) is 0.509. The summed E-state index contributed by atoms with van der Waals surface area (Å²) in [5, 5.41) is 12.0. The molecule has 0 aromatic heterocycles. The van der Waals surface area contributed by atoms with Gasteiger partial charge in [0.05, 0.1) is 0 Å². The summed E-state index contributed by atoms with van der Waals surface area (Å²) in [5.41, 5.74) is 0.